The topological polar surface area (TPSA) is 43.9 Å². The van der Waals surface area contributed by atoms with Gasteiger partial charge < -0.3 is 4.42 Å². The SMILES string of the molecule is c1ccc(-c2ccc3c(c2)c2ccc(-c4ccccc4)cc2n3-c2nc(-c3ccccc3)cc(-c3cccc4c3oc3ccccc34)n2)cc1. The summed E-state index contributed by atoms with van der Waals surface area (Å²) in [6.45, 7) is 0. The van der Waals surface area contributed by atoms with Crippen LogP contribution in [0.3, 0.4) is 0 Å². The van der Waals surface area contributed by atoms with Gasteiger partial charge >= 0.3 is 0 Å². The van der Waals surface area contributed by atoms with Crippen LogP contribution in [0.25, 0.3) is 94.5 Å². The Bertz CT molecular complexity index is 2850. The first kappa shape index (κ1) is 28.3. The molecule has 4 heteroatoms. The zero-order valence-corrected chi connectivity index (χ0v) is 27.0. The molecule has 50 heavy (non-hydrogen) atoms. The third-order valence-electron chi connectivity index (χ3n) is 9.64. The van der Waals surface area contributed by atoms with Crippen LogP contribution in [-0.4, -0.2) is 14.5 Å². The molecule has 0 radical (unpaired) electrons. The van der Waals surface area contributed by atoms with Gasteiger partial charge in [-0.15, -0.1) is 0 Å². The summed E-state index contributed by atoms with van der Waals surface area (Å²) in [5.74, 6) is 0.604. The summed E-state index contributed by atoms with van der Waals surface area (Å²) in [4.78, 5) is 10.7. The molecular weight excluding hydrogens is 611 g/mol. The molecular formula is C46H29N3O. The lowest BCUT2D eigenvalue weighted by atomic mass is 10.0. The molecule has 0 bridgehead atoms. The van der Waals surface area contributed by atoms with Gasteiger partial charge in [-0.2, -0.15) is 0 Å². The van der Waals surface area contributed by atoms with Crippen LogP contribution in [0, 0.1) is 0 Å². The van der Waals surface area contributed by atoms with Gasteiger partial charge in [0.15, 0.2) is 0 Å². The number of aromatic nitrogens is 3. The normalized spacial score (nSPS) is 11.6. The van der Waals surface area contributed by atoms with Crippen LogP contribution in [-0.2, 0) is 0 Å². The molecule has 234 valence electrons. The monoisotopic (exact) mass is 639 g/mol. The largest absolute Gasteiger partial charge is 0.455 e. The zero-order chi connectivity index (χ0) is 33.0. The number of rotatable bonds is 5. The van der Waals surface area contributed by atoms with Crippen LogP contribution in [0.2, 0.25) is 0 Å². The lowest BCUT2D eigenvalue weighted by molar-refractivity contribution is 0.670. The van der Waals surface area contributed by atoms with Crippen molar-refractivity contribution < 1.29 is 4.42 Å². The number of benzene rings is 7. The van der Waals surface area contributed by atoms with Crippen LogP contribution in [0.1, 0.15) is 0 Å². The van der Waals surface area contributed by atoms with Gasteiger partial charge in [0.2, 0.25) is 5.95 Å². The van der Waals surface area contributed by atoms with Crippen molar-refractivity contribution in [1.29, 1.82) is 0 Å². The molecule has 10 rings (SSSR count). The molecule has 0 atom stereocenters. The maximum absolute atomic E-state index is 6.51. The summed E-state index contributed by atoms with van der Waals surface area (Å²) >= 11 is 0. The molecule has 0 aliphatic rings. The average Bonchev–Trinajstić information content (AvgIpc) is 3.74. The number of fused-ring (bicyclic) bond motifs is 6. The molecule has 0 N–H and O–H groups in total. The predicted molar refractivity (Wildman–Crippen MR) is 205 cm³/mol. The van der Waals surface area contributed by atoms with Gasteiger partial charge in [-0.1, -0.05) is 140 Å². The number of hydrogen-bond acceptors (Lipinski definition) is 3. The second kappa shape index (κ2) is 11.4. The van der Waals surface area contributed by atoms with E-state index >= 15 is 0 Å². The highest BCUT2D eigenvalue weighted by atomic mass is 16.3. The second-order valence-electron chi connectivity index (χ2n) is 12.6. The Morgan fingerprint density at radius 3 is 1.76 bits per heavy atom. The molecule has 0 saturated carbocycles. The molecule has 7 aromatic carbocycles. The average molecular weight is 640 g/mol. The molecule has 0 saturated heterocycles. The van der Waals surface area contributed by atoms with Gasteiger partial charge in [0.25, 0.3) is 0 Å². The van der Waals surface area contributed by atoms with E-state index in [1.54, 1.807) is 0 Å². The van der Waals surface area contributed by atoms with E-state index in [9.17, 15) is 0 Å². The summed E-state index contributed by atoms with van der Waals surface area (Å²) in [7, 11) is 0. The van der Waals surface area contributed by atoms with Crippen LogP contribution >= 0.6 is 0 Å². The van der Waals surface area contributed by atoms with Crippen molar-refractivity contribution in [3.8, 4) is 50.7 Å². The van der Waals surface area contributed by atoms with Gasteiger partial charge in [-0.3, -0.25) is 4.57 Å². The van der Waals surface area contributed by atoms with E-state index in [0.717, 1.165) is 77.4 Å². The van der Waals surface area contributed by atoms with E-state index in [4.69, 9.17) is 14.4 Å². The summed E-state index contributed by atoms with van der Waals surface area (Å²) in [5, 5.41) is 4.45. The summed E-state index contributed by atoms with van der Waals surface area (Å²) in [5.41, 5.74) is 12.0. The van der Waals surface area contributed by atoms with Gasteiger partial charge in [-0.25, -0.2) is 9.97 Å². The minimum absolute atomic E-state index is 0.604. The minimum Gasteiger partial charge on any atom is -0.455 e. The smallest absolute Gasteiger partial charge is 0.235 e. The quantitative estimate of drug-likeness (QED) is 0.188. The van der Waals surface area contributed by atoms with E-state index in [2.05, 4.69) is 162 Å². The van der Waals surface area contributed by atoms with Gasteiger partial charge in [0.1, 0.15) is 11.2 Å². The van der Waals surface area contributed by atoms with Crippen molar-refractivity contribution in [3.63, 3.8) is 0 Å². The van der Waals surface area contributed by atoms with E-state index in [0.29, 0.717) is 5.95 Å². The standard InChI is InChI=1S/C46H29N3O/c1-4-13-30(14-5-1)33-24-26-42-39(27-33)35-25-23-34(31-15-6-2-7-16-31)28-43(35)49(42)46-47-40(32-17-8-3-9-18-32)29-41(48-46)38-21-12-20-37-36-19-10-11-22-44(36)50-45(37)38/h1-29H. The van der Waals surface area contributed by atoms with Gasteiger partial charge in [0, 0.05) is 32.7 Å². The van der Waals surface area contributed by atoms with E-state index in [-0.39, 0.29) is 0 Å². The number of hydrogen-bond donors (Lipinski definition) is 0. The van der Waals surface area contributed by atoms with Crippen molar-refractivity contribution >= 4 is 43.7 Å². The molecule has 0 aliphatic carbocycles. The molecule has 0 fully saturated rings. The molecule has 0 unspecified atom stereocenters. The first-order chi connectivity index (χ1) is 24.8. The first-order valence-corrected chi connectivity index (χ1v) is 16.8. The van der Waals surface area contributed by atoms with E-state index in [1.165, 1.54) is 11.1 Å². The fraction of sp³-hybridized carbons (Fsp3) is 0. The Labute approximate surface area is 288 Å². The molecule has 0 amide bonds. The van der Waals surface area contributed by atoms with Crippen molar-refractivity contribution in [2.75, 3.05) is 0 Å². The maximum atomic E-state index is 6.51. The van der Waals surface area contributed by atoms with E-state index in [1.807, 2.05) is 18.2 Å². The zero-order valence-electron chi connectivity index (χ0n) is 27.0. The van der Waals surface area contributed by atoms with Crippen LogP contribution in [0.5, 0.6) is 0 Å². The highest BCUT2D eigenvalue weighted by Crippen LogP contribution is 2.39. The van der Waals surface area contributed by atoms with Gasteiger partial charge in [-0.05, 0) is 58.7 Å². The van der Waals surface area contributed by atoms with Gasteiger partial charge in [0.05, 0.1) is 22.4 Å². The third kappa shape index (κ3) is 4.61. The minimum atomic E-state index is 0.604. The molecule has 10 aromatic rings. The molecule has 3 heterocycles. The van der Waals surface area contributed by atoms with Crippen molar-refractivity contribution in [3.05, 3.63) is 176 Å². The number of nitrogens with zero attached hydrogens (tertiary/aromatic N) is 3. The molecule has 4 nitrogen and oxygen atoms in total. The van der Waals surface area contributed by atoms with Crippen LogP contribution in [0.15, 0.2) is 180 Å². The van der Waals surface area contributed by atoms with Crippen LogP contribution in [0.4, 0.5) is 0 Å². The predicted octanol–water partition coefficient (Wildman–Crippen LogP) is 12.1. The highest BCUT2D eigenvalue weighted by Gasteiger charge is 2.20. The Morgan fingerprint density at radius 2 is 1.00 bits per heavy atom. The third-order valence-corrected chi connectivity index (χ3v) is 9.64. The molecule has 0 aliphatic heterocycles. The summed E-state index contributed by atoms with van der Waals surface area (Å²) < 4.78 is 8.73. The fourth-order valence-electron chi connectivity index (χ4n) is 7.23. The Hall–Kier alpha value is -6.78. The lowest BCUT2D eigenvalue weighted by Crippen LogP contribution is -2.04. The molecule has 0 spiro atoms. The van der Waals surface area contributed by atoms with Crippen LogP contribution < -0.4 is 0 Å². The summed E-state index contributed by atoms with van der Waals surface area (Å²) in [6, 6.07) is 61.4. The Morgan fingerprint density at radius 1 is 0.380 bits per heavy atom. The summed E-state index contributed by atoms with van der Waals surface area (Å²) in [6.07, 6.45) is 0. The lowest BCUT2D eigenvalue weighted by Gasteiger charge is -2.12. The van der Waals surface area contributed by atoms with Crippen molar-refractivity contribution in [2.45, 2.75) is 0 Å². The Balaban J connectivity index is 1.28. The van der Waals surface area contributed by atoms with Crippen molar-refractivity contribution in [1.82, 2.24) is 14.5 Å². The molecule has 3 aromatic heterocycles. The number of furan rings is 1. The fourth-order valence-corrected chi connectivity index (χ4v) is 7.23. The van der Waals surface area contributed by atoms with E-state index < -0.39 is 0 Å². The first-order valence-electron chi connectivity index (χ1n) is 16.8. The highest BCUT2D eigenvalue weighted by molar-refractivity contribution is 6.12. The Kier molecular flexibility index (Phi) is 6.46. The van der Waals surface area contributed by atoms with Crippen molar-refractivity contribution in [2.24, 2.45) is 0 Å². The maximum Gasteiger partial charge on any atom is 0.235 e. The second-order valence-corrected chi connectivity index (χ2v) is 12.6. The number of para-hydroxylation sites is 2.